The van der Waals surface area contributed by atoms with Gasteiger partial charge >= 0.3 is 0 Å². The Kier molecular flexibility index (Phi) is 2.90. The second-order valence-corrected chi connectivity index (χ2v) is 3.91. The van der Waals surface area contributed by atoms with Crippen LogP contribution >= 0.6 is 22.6 Å². The summed E-state index contributed by atoms with van der Waals surface area (Å²) in [6, 6.07) is 3.71. The van der Waals surface area contributed by atoms with Gasteiger partial charge in [-0.3, -0.25) is 0 Å². The van der Waals surface area contributed by atoms with Crippen LogP contribution in [-0.4, -0.2) is 24.2 Å². The second-order valence-electron chi connectivity index (χ2n) is 2.89. The van der Waals surface area contributed by atoms with Crippen LogP contribution in [0, 0.1) is 3.70 Å². The highest BCUT2D eigenvalue weighted by Crippen LogP contribution is 2.30. The van der Waals surface area contributed by atoms with E-state index in [0.717, 1.165) is 20.4 Å². The fraction of sp³-hybridized carbons (Fsp3) is 0.200. The Balaban J connectivity index is 2.80. The molecule has 15 heavy (non-hydrogen) atoms. The molecule has 2 rings (SSSR count). The van der Waals surface area contributed by atoms with Gasteiger partial charge in [0.2, 0.25) is 0 Å². The first-order chi connectivity index (χ1) is 7.26. The van der Waals surface area contributed by atoms with Gasteiger partial charge in [-0.1, -0.05) is 0 Å². The van der Waals surface area contributed by atoms with Crippen LogP contribution in [0.3, 0.4) is 0 Å². The predicted molar refractivity (Wildman–Crippen MR) is 65.4 cm³/mol. The molecule has 1 heterocycles. The van der Waals surface area contributed by atoms with E-state index in [-0.39, 0.29) is 0 Å². The maximum absolute atomic E-state index is 5.25. The van der Waals surface area contributed by atoms with Crippen molar-refractivity contribution in [3.63, 3.8) is 0 Å². The van der Waals surface area contributed by atoms with Crippen molar-refractivity contribution >= 4 is 33.5 Å². The molecule has 4 nitrogen and oxygen atoms in total. The predicted octanol–water partition coefficient (Wildman–Crippen LogP) is 2.25. The van der Waals surface area contributed by atoms with Gasteiger partial charge in [0.1, 0.15) is 27.0 Å². The molecule has 0 aliphatic carbocycles. The van der Waals surface area contributed by atoms with Gasteiger partial charge < -0.3 is 9.47 Å². The first kappa shape index (κ1) is 10.4. The van der Waals surface area contributed by atoms with E-state index in [1.165, 1.54) is 6.33 Å². The molecule has 1 aromatic heterocycles. The summed E-state index contributed by atoms with van der Waals surface area (Å²) in [4.78, 5) is 8.31. The third kappa shape index (κ3) is 1.83. The lowest BCUT2D eigenvalue weighted by molar-refractivity contribution is 0.397. The second kappa shape index (κ2) is 4.18. The van der Waals surface area contributed by atoms with Crippen molar-refractivity contribution in [2.24, 2.45) is 0 Å². The van der Waals surface area contributed by atoms with E-state index in [1.807, 2.05) is 12.1 Å². The van der Waals surface area contributed by atoms with Crippen molar-refractivity contribution in [3.8, 4) is 11.5 Å². The Morgan fingerprint density at radius 1 is 1.13 bits per heavy atom. The van der Waals surface area contributed by atoms with Crippen molar-refractivity contribution in [2.75, 3.05) is 14.2 Å². The van der Waals surface area contributed by atoms with Crippen molar-refractivity contribution in [1.82, 2.24) is 9.97 Å². The lowest BCUT2D eigenvalue weighted by Crippen LogP contribution is -1.93. The maximum atomic E-state index is 5.25. The quantitative estimate of drug-likeness (QED) is 0.630. The van der Waals surface area contributed by atoms with Crippen molar-refractivity contribution in [1.29, 1.82) is 0 Å². The van der Waals surface area contributed by atoms with Crippen molar-refractivity contribution < 1.29 is 9.47 Å². The summed E-state index contributed by atoms with van der Waals surface area (Å²) in [5.41, 5.74) is 0.803. The number of nitrogens with zero attached hydrogens (tertiary/aromatic N) is 2. The van der Waals surface area contributed by atoms with E-state index in [1.54, 1.807) is 14.2 Å². The molecule has 78 valence electrons. The molecule has 1 aromatic carbocycles. The van der Waals surface area contributed by atoms with E-state index in [2.05, 4.69) is 32.6 Å². The minimum atomic E-state index is 0.699. The number of hydrogen-bond acceptors (Lipinski definition) is 4. The van der Waals surface area contributed by atoms with Gasteiger partial charge in [-0.25, -0.2) is 9.97 Å². The van der Waals surface area contributed by atoms with Crippen LogP contribution in [0.4, 0.5) is 0 Å². The zero-order valence-corrected chi connectivity index (χ0v) is 10.5. The molecule has 0 unspecified atom stereocenters. The van der Waals surface area contributed by atoms with Crippen LogP contribution in [0.25, 0.3) is 10.9 Å². The molecule has 2 aromatic rings. The summed E-state index contributed by atoms with van der Waals surface area (Å²) in [5.74, 6) is 1.44. The average Bonchev–Trinajstić information content (AvgIpc) is 2.28. The summed E-state index contributed by atoms with van der Waals surface area (Å²) in [5, 5.41) is 0.939. The number of fused-ring (bicyclic) bond motifs is 1. The minimum absolute atomic E-state index is 0.699. The Morgan fingerprint density at radius 3 is 2.60 bits per heavy atom. The highest BCUT2D eigenvalue weighted by Gasteiger charge is 2.09. The van der Waals surface area contributed by atoms with Crippen LogP contribution < -0.4 is 9.47 Å². The Labute approximate surface area is 101 Å². The monoisotopic (exact) mass is 316 g/mol. The molecule has 0 bridgehead atoms. The largest absolute Gasteiger partial charge is 0.497 e. The van der Waals surface area contributed by atoms with Gasteiger partial charge in [-0.2, -0.15) is 0 Å². The molecule has 0 aliphatic rings. The van der Waals surface area contributed by atoms with E-state index >= 15 is 0 Å². The molecule has 0 spiro atoms. The number of benzene rings is 1. The summed E-state index contributed by atoms with van der Waals surface area (Å²) in [6.45, 7) is 0. The molecular formula is C10H9IN2O2. The third-order valence-corrected chi connectivity index (χ3v) is 2.94. The normalized spacial score (nSPS) is 10.3. The summed E-state index contributed by atoms with van der Waals surface area (Å²) in [6.07, 6.45) is 1.53. The molecule has 0 saturated heterocycles. The van der Waals surface area contributed by atoms with Gasteiger partial charge in [-0.05, 0) is 28.7 Å². The number of aromatic nitrogens is 2. The highest BCUT2D eigenvalue weighted by molar-refractivity contribution is 14.1. The molecule has 0 radical (unpaired) electrons. The fourth-order valence-electron chi connectivity index (χ4n) is 1.35. The fourth-order valence-corrected chi connectivity index (χ4v) is 1.89. The molecular weight excluding hydrogens is 307 g/mol. The molecule has 0 amide bonds. The first-order valence-electron chi connectivity index (χ1n) is 4.28. The number of methoxy groups -OCH3 is 2. The van der Waals surface area contributed by atoms with Gasteiger partial charge in [-0.15, -0.1) is 0 Å². The Hall–Kier alpha value is -1.11. The highest BCUT2D eigenvalue weighted by atomic mass is 127. The Morgan fingerprint density at radius 2 is 1.93 bits per heavy atom. The van der Waals surface area contributed by atoms with Crippen LogP contribution in [0.1, 0.15) is 0 Å². The summed E-state index contributed by atoms with van der Waals surface area (Å²) >= 11 is 2.16. The zero-order chi connectivity index (χ0) is 10.8. The number of halogens is 1. The van der Waals surface area contributed by atoms with Crippen LogP contribution in [0.2, 0.25) is 0 Å². The lowest BCUT2D eigenvalue weighted by atomic mass is 10.2. The summed E-state index contributed by atoms with van der Waals surface area (Å²) < 4.78 is 11.3. The van der Waals surface area contributed by atoms with Crippen LogP contribution in [0.15, 0.2) is 18.5 Å². The van der Waals surface area contributed by atoms with Gasteiger partial charge in [0.15, 0.2) is 0 Å². The van der Waals surface area contributed by atoms with E-state index in [9.17, 15) is 0 Å². The molecule has 0 aliphatic heterocycles. The molecule has 0 saturated carbocycles. The number of rotatable bonds is 2. The van der Waals surface area contributed by atoms with Gasteiger partial charge in [0.05, 0.1) is 14.2 Å². The van der Waals surface area contributed by atoms with E-state index < -0.39 is 0 Å². The van der Waals surface area contributed by atoms with E-state index in [4.69, 9.17) is 9.47 Å². The molecule has 0 N–H and O–H groups in total. The summed E-state index contributed by atoms with van der Waals surface area (Å²) in [7, 11) is 3.24. The van der Waals surface area contributed by atoms with Crippen molar-refractivity contribution in [3.05, 3.63) is 22.2 Å². The number of ether oxygens (including phenoxy) is 2. The molecule has 0 atom stereocenters. The van der Waals surface area contributed by atoms with Crippen molar-refractivity contribution in [2.45, 2.75) is 0 Å². The van der Waals surface area contributed by atoms with E-state index in [0.29, 0.717) is 5.75 Å². The number of hydrogen-bond donors (Lipinski definition) is 0. The van der Waals surface area contributed by atoms with Crippen LogP contribution in [0.5, 0.6) is 11.5 Å². The van der Waals surface area contributed by atoms with Crippen LogP contribution in [-0.2, 0) is 0 Å². The van der Waals surface area contributed by atoms with Gasteiger partial charge in [0.25, 0.3) is 0 Å². The standard InChI is InChI=1S/C10H9IN2O2/c1-14-6-3-7-9(8(4-6)15-2)12-5-13-10(7)11/h3-5H,1-2H3. The topological polar surface area (TPSA) is 44.2 Å². The SMILES string of the molecule is COc1cc(OC)c2ncnc(I)c2c1. The smallest absolute Gasteiger partial charge is 0.148 e. The molecule has 0 fully saturated rings. The average molecular weight is 316 g/mol. The maximum Gasteiger partial charge on any atom is 0.148 e. The minimum Gasteiger partial charge on any atom is -0.497 e. The lowest BCUT2D eigenvalue weighted by Gasteiger charge is -2.08. The first-order valence-corrected chi connectivity index (χ1v) is 5.36. The third-order valence-electron chi connectivity index (χ3n) is 2.08. The molecule has 5 heteroatoms. The van der Waals surface area contributed by atoms with Gasteiger partial charge in [0, 0.05) is 11.5 Å². The Bertz CT molecular complexity index is 502. The zero-order valence-electron chi connectivity index (χ0n) is 8.32.